The molecule has 0 aliphatic carbocycles. The third kappa shape index (κ3) is 6.43. The van der Waals surface area contributed by atoms with E-state index in [9.17, 15) is 4.79 Å². The van der Waals surface area contributed by atoms with E-state index in [1.165, 1.54) is 0 Å². The van der Waals surface area contributed by atoms with E-state index in [0.29, 0.717) is 5.92 Å². The molecule has 26 heavy (non-hydrogen) atoms. The second-order valence-electron chi connectivity index (χ2n) is 6.22. The molecule has 2 atom stereocenters. The van der Waals surface area contributed by atoms with Crippen molar-refractivity contribution in [3.05, 3.63) is 45.9 Å². The molecule has 0 bridgehead atoms. The topological polar surface area (TPSA) is 54.0 Å². The number of piperidine rings is 1. The smallest absolute Gasteiger partial charge is 0.251 e. The van der Waals surface area contributed by atoms with E-state index in [1.807, 2.05) is 31.2 Å². The van der Waals surface area contributed by atoms with Crippen LogP contribution in [0.3, 0.4) is 0 Å². The van der Waals surface area contributed by atoms with Gasteiger partial charge in [0, 0.05) is 27.6 Å². The van der Waals surface area contributed by atoms with Crippen molar-refractivity contribution in [3.63, 3.8) is 0 Å². The highest BCUT2D eigenvalue weighted by molar-refractivity contribution is 7.98. The Bertz CT molecular complexity index is 694. The predicted molar refractivity (Wildman–Crippen MR) is 115 cm³/mol. The second kappa shape index (κ2) is 11.1. The van der Waals surface area contributed by atoms with Crippen LogP contribution in [0.15, 0.2) is 34.5 Å². The van der Waals surface area contributed by atoms with Crippen molar-refractivity contribution in [2.45, 2.75) is 37.0 Å². The van der Waals surface area contributed by atoms with Crippen molar-refractivity contribution in [1.29, 1.82) is 0 Å². The largest absolute Gasteiger partial charge is 0.349 e. The van der Waals surface area contributed by atoms with E-state index in [1.54, 1.807) is 23.1 Å². The Kier molecular flexibility index (Phi) is 9.97. The SMILES string of the molecule is Cc1nc(CSc2ccc(C(=O)NC3CCNCC3C)cc2)cs1.Cl.Cl. The van der Waals surface area contributed by atoms with E-state index in [-0.39, 0.29) is 36.8 Å². The van der Waals surface area contributed by atoms with Gasteiger partial charge in [-0.2, -0.15) is 0 Å². The number of nitrogens with one attached hydrogen (secondary N) is 2. The number of thiazole rings is 1. The fourth-order valence-electron chi connectivity index (χ4n) is 2.81. The third-order valence-corrected chi connectivity index (χ3v) is 6.14. The minimum atomic E-state index is 0. The minimum Gasteiger partial charge on any atom is -0.349 e. The Balaban J connectivity index is 0.00000169. The first-order chi connectivity index (χ1) is 11.6. The van der Waals surface area contributed by atoms with Gasteiger partial charge < -0.3 is 10.6 Å². The first kappa shape index (κ1) is 23.2. The molecule has 1 aromatic carbocycles. The lowest BCUT2D eigenvalue weighted by atomic mass is 9.95. The standard InChI is InChI=1S/C18H23N3OS2.2ClH/c1-12-9-19-8-7-17(12)21-18(22)14-3-5-16(6-4-14)24-11-15-10-23-13(2)20-15;;/h3-6,10,12,17,19H,7-9,11H2,1-2H3,(H,21,22);2*1H. The molecule has 1 amide bonds. The van der Waals surface area contributed by atoms with Crippen LogP contribution in [0.4, 0.5) is 0 Å². The van der Waals surface area contributed by atoms with Crippen molar-refractivity contribution in [2.24, 2.45) is 5.92 Å². The van der Waals surface area contributed by atoms with Gasteiger partial charge in [-0.05, 0) is 56.6 Å². The van der Waals surface area contributed by atoms with E-state index in [2.05, 4.69) is 27.9 Å². The minimum absolute atomic E-state index is 0. The van der Waals surface area contributed by atoms with Gasteiger partial charge in [0.05, 0.1) is 10.7 Å². The number of carbonyl (C=O) groups is 1. The molecule has 1 saturated heterocycles. The second-order valence-corrected chi connectivity index (χ2v) is 8.33. The molecule has 8 heteroatoms. The number of halogens is 2. The van der Waals surface area contributed by atoms with E-state index in [0.717, 1.165) is 46.4 Å². The molecule has 4 nitrogen and oxygen atoms in total. The Morgan fingerprint density at radius 2 is 2.08 bits per heavy atom. The summed E-state index contributed by atoms with van der Waals surface area (Å²) in [7, 11) is 0. The van der Waals surface area contributed by atoms with Crippen LogP contribution in [0.2, 0.25) is 0 Å². The highest BCUT2D eigenvalue weighted by atomic mass is 35.5. The monoisotopic (exact) mass is 433 g/mol. The third-order valence-electron chi connectivity index (χ3n) is 4.27. The van der Waals surface area contributed by atoms with Crippen LogP contribution < -0.4 is 10.6 Å². The number of aryl methyl sites for hydroxylation is 1. The quantitative estimate of drug-likeness (QED) is 0.689. The van der Waals surface area contributed by atoms with Crippen LogP contribution in [0, 0.1) is 12.8 Å². The van der Waals surface area contributed by atoms with Gasteiger partial charge in [-0.25, -0.2) is 4.98 Å². The van der Waals surface area contributed by atoms with Crippen molar-refractivity contribution in [2.75, 3.05) is 13.1 Å². The molecule has 0 radical (unpaired) electrons. The molecule has 1 aromatic heterocycles. The van der Waals surface area contributed by atoms with Gasteiger partial charge in [-0.15, -0.1) is 47.9 Å². The molecule has 2 aromatic rings. The summed E-state index contributed by atoms with van der Waals surface area (Å²) >= 11 is 3.43. The number of thioether (sulfide) groups is 1. The molecule has 3 rings (SSSR count). The summed E-state index contributed by atoms with van der Waals surface area (Å²) in [5.41, 5.74) is 1.85. The summed E-state index contributed by atoms with van der Waals surface area (Å²) < 4.78 is 0. The molecule has 144 valence electrons. The lowest BCUT2D eigenvalue weighted by molar-refractivity contribution is 0.0914. The fraction of sp³-hybridized carbons (Fsp3) is 0.444. The number of nitrogens with zero attached hydrogens (tertiary/aromatic N) is 1. The van der Waals surface area contributed by atoms with Crippen LogP contribution in [0.25, 0.3) is 0 Å². The van der Waals surface area contributed by atoms with Gasteiger partial charge in [0.25, 0.3) is 5.91 Å². The maximum atomic E-state index is 12.4. The maximum absolute atomic E-state index is 12.4. The van der Waals surface area contributed by atoms with Crippen LogP contribution in [0.1, 0.15) is 34.4 Å². The molecule has 1 fully saturated rings. The summed E-state index contributed by atoms with van der Waals surface area (Å²) in [5.74, 6) is 1.36. The van der Waals surface area contributed by atoms with Gasteiger partial charge in [0.15, 0.2) is 0 Å². The normalized spacial score (nSPS) is 19.2. The van der Waals surface area contributed by atoms with E-state index >= 15 is 0 Å². The van der Waals surface area contributed by atoms with Crippen molar-refractivity contribution >= 4 is 53.8 Å². The summed E-state index contributed by atoms with van der Waals surface area (Å²) in [6, 6.07) is 8.13. The lowest BCUT2D eigenvalue weighted by Gasteiger charge is -2.30. The van der Waals surface area contributed by atoms with Crippen LogP contribution in [-0.2, 0) is 5.75 Å². The Morgan fingerprint density at radius 1 is 1.35 bits per heavy atom. The molecule has 2 heterocycles. The molecule has 1 aliphatic heterocycles. The Hall–Kier alpha value is -0.790. The molecular weight excluding hydrogens is 409 g/mol. The summed E-state index contributed by atoms with van der Waals surface area (Å²) in [4.78, 5) is 18.0. The Labute approximate surface area is 175 Å². The fourth-order valence-corrected chi connectivity index (χ4v) is 4.32. The molecule has 0 spiro atoms. The predicted octanol–water partition coefficient (Wildman–Crippen LogP) is 4.32. The van der Waals surface area contributed by atoms with Gasteiger partial charge in [-0.3, -0.25) is 4.79 Å². The molecular formula is C18H25Cl2N3OS2. The average molecular weight is 434 g/mol. The van der Waals surface area contributed by atoms with Gasteiger partial charge >= 0.3 is 0 Å². The summed E-state index contributed by atoms with van der Waals surface area (Å²) in [6.45, 7) is 6.14. The van der Waals surface area contributed by atoms with Gasteiger partial charge in [0.1, 0.15) is 0 Å². The number of aromatic nitrogens is 1. The van der Waals surface area contributed by atoms with Gasteiger partial charge in [0.2, 0.25) is 0 Å². The van der Waals surface area contributed by atoms with Crippen LogP contribution in [0.5, 0.6) is 0 Å². The van der Waals surface area contributed by atoms with Crippen LogP contribution in [-0.4, -0.2) is 30.0 Å². The number of hydrogen-bond donors (Lipinski definition) is 2. The lowest BCUT2D eigenvalue weighted by Crippen LogP contribution is -2.48. The van der Waals surface area contributed by atoms with Crippen molar-refractivity contribution < 1.29 is 4.79 Å². The summed E-state index contributed by atoms with van der Waals surface area (Å²) in [6.07, 6.45) is 0.994. The highest BCUT2D eigenvalue weighted by Gasteiger charge is 2.22. The van der Waals surface area contributed by atoms with E-state index in [4.69, 9.17) is 0 Å². The number of hydrogen-bond acceptors (Lipinski definition) is 5. The van der Waals surface area contributed by atoms with Crippen LogP contribution >= 0.6 is 47.9 Å². The maximum Gasteiger partial charge on any atom is 0.251 e. The molecule has 2 N–H and O–H groups in total. The van der Waals surface area contributed by atoms with Gasteiger partial charge in [-0.1, -0.05) is 6.92 Å². The number of benzene rings is 1. The summed E-state index contributed by atoms with van der Waals surface area (Å²) in [5, 5.41) is 9.73. The van der Waals surface area contributed by atoms with E-state index < -0.39 is 0 Å². The zero-order valence-electron chi connectivity index (χ0n) is 14.9. The van der Waals surface area contributed by atoms with Crippen molar-refractivity contribution in [1.82, 2.24) is 15.6 Å². The Morgan fingerprint density at radius 3 is 2.69 bits per heavy atom. The molecule has 1 aliphatic rings. The molecule has 2 unspecified atom stereocenters. The zero-order valence-corrected chi connectivity index (χ0v) is 18.1. The first-order valence-electron chi connectivity index (χ1n) is 8.27. The first-order valence-corrected chi connectivity index (χ1v) is 10.1. The average Bonchev–Trinajstić information content (AvgIpc) is 3.01. The molecule has 0 saturated carbocycles. The zero-order chi connectivity index (χ0) is 16.9. The van der Waals surface area contributed by atoms with Crippen molar-refractivity contribution in [3.8, 4) is 0 Å². The highest BCUT2D eigenvalue weighted by Crippen LogP contribution is 2.24. The number of amides is 1. The number of rotatable bonds is 5. The number of carbonyl (C=O) groups excluding carboxylic acids is 1.